The lowest BCUT2D eigenvalue weighted by Crippen LogP contribution is -2.46. The van der Waals surface area contributed by atoms with Crippen molar-refractivity contribution in [1.82, 2.24) is 10.2 Å². The van der Waals surface area contributed by atoms with Gasteiger partial charge in [-0.15, -0.1) is 0 Å². The third-order valence-electron chi connectivity index (χ3n) is 5.24. The molecule has 27 heavy (non-hydrogen) atoms. The Morgan fingerprint density at radius 3 is 2.81 bits per heavy atom. The van der Waals surface area contributed by atoms with Gasteiger partial charge in [0.2, 0.25) is 5.91 Å². The van der Waals surface area contributed by atoms with Crippen molar-refractivity contribution >= 4 is 17.5 Å². The van der Waals surface area contributed by atoms with Gasteiger partial charge >= 0.3 is 0 Å². The molecular weight excluding hydrogens is 368 g/mol. The highest BCUT2D eigenvalue weighted by Gasteiger charge is 2.39. The van der Waals surface area contributed by atoms with E-state index in [0.717, 1.165) is 50.2 Å². The Hall–Kier alpha value is -1.50. The minimum Gasteiger partial charge on any atom is -0.493 e. The second kappa shape index (κ2) is 9.13. The average molecular weight is 397 g/mol. The molecule has 0 aromatic heterocycles. The van der Waals surface area contributed by atoms with Gasteiger partial charge in [0, 0.05) is 42.8 Å². The van der Waals surface area contributed by atoms with Gasteiger partial charge < -0.3 is 19.5 Å². The van der Waals surface area contributed by atoms with Crippen LogP contribution in [0, 0.1) is 0 Å². The van der Waals surface area contributed by atoms with E-state index in [2.05, 4.69) is 17.1 Å². The quantitative estimate of drug-likeness (QED) is 0.800. The number of carbonyl (C=O) groups is 1. The van der Waals surface area contributed by atoms with E-state index < -0.39 is 0 Å². The first-order valence-electron chi connectivity index (χ1n) is 9.67. The van der Waals surface area contributed by atoms with Gasteiger partial charge in [-0.2, -0.15) is 0 Å². The van der Waals surface area contributed by atoms with Gasteiger partial charge in [0.05, 0.1) is 32.3 Å². The molecule has 0 aliphatic carbocycles. The van der Waals surface area contributed by atoms with E-state index in [1.165, 1.54) is 0 Å². The van der Waals surface area contributed by atoms with Crippen LogP contribution < -0.4 is 14.8 Å². The Morgan fingerprint density at radius 1 is 1.33 bits per heavy atom. The number of amides is 1. The van der Waals surface area contributed by atoms with E-state index in [-0.39, 0.29) is 11.5 Å². The summed E-state index contributed by atoms with van der Waals surface area (Å²) in [5.74, 6) is 1.54. The van der Waals surface area contributed by atoms with Gasteiger partial charge in [-0.3, -0.25) is 9.69 Å². The predicted octanol–water partition coefficient (Wildman–Crippen LogP) is 3.01. The van der Waals surface area contributed by atoms with E-state index >= 15 is 0 Å². The van der Waals surface area contributed by atoms with Gasteiger partial charge in [0.15, 0.2) is 11.5 Å². The Morgan fingerprint density at radius 2 is 2.11 bits per heavy atom. The summed E-state index contributed by atoms with van der Waals surface area (Å²) in [6, 6.07) is 3.74. The summed E-state index contributed by atoms with van der Waals surface area (Å²) in [5.41, 5.74) is 0.716. The van der Waals surface area contributed by atoms with Crippen molar-refractivity contribution in [3.05, 3.63) is 22.7 Å². The Bertz CT molecular complexity index is 660. The number of halogens is 1. The summed E-state index contributed by atoms with van der Waals surface area (Å²) < 4.78 is 17.5. The van der Waals surface area contributed by atoms with Crippen LogP contribution in [0.5, 0.6) is 11.5 Å². The number of carbonyl (C=O) groups excluding carboxylic acids is 1. The maximum atomic E-state index is 11.9. The summed E-state index contributed by atoms with van der Waals surface area (Å²) in [5, 5.41) is 3.53. The van der Waals surface area contributed by atoms with Crippen molar-refractivity contribution in [2.75, 3.05) is 40.0 Å². The van der Waals surface area contributed by atoms with Gasteiger partial charge in [-0.25, -0.2) is 0 Å². The molecule has 2 aliphatic rings. The molecule has 0 saturated carbocycles. The van der Waals surface area contributed by atoms with Gasteiger partial charge in [-0.05, 0) is 25.3 Å². The Labute approximate surface area is 166 Å². The molecule has 1 aromatic rings. The highest BCUT2D eigenvalue weighted by Crippen LogP contribution is 2.37. The first-order chi connectivity index (χ1) is 13.0. The number of ether oxygens (including phenoxy) is 3. The molecule has 0 bridgehead atoms. The van der Waals surface area contributed by atoms with Crippen LogP contribution in [0.15, 0.2) is 12.1 Å². The molecule has 7 heteroatoms. The van der Waals surface area contributed by atoms with Gasteiger partial charge in [-0.1, -0.05) is 18.5 Å². The number of hydrogen-bond acceptors (Lipinski definition) is 5. The molecule has 3 rings (SSSR count). The molecule has 0 radical (unpaired) electrons. The van der Waals surface area contributed by atoms with Crippen molar-refractivity contribution in [2.45, 2.75) is 44.8 Å². The van der Waals surface area contributed by atoms with Crippen LogP contribution in [0.2, 0.25) is 5.02 Å². The Kier molecular flexibility index (Phi) is 6.84. The first-order valence-corrected chi connectivity index (χ1v) is 10.1. The first kappa shape index (κ1) is 20.2. The molecule has 1 N–H and O–H groups in total. The van der Waals surface area contributed by atoms with Crippen molar-refractivity contribution in [2.24, 2.45) is 0 Å². The number of likely N-dealkylation sites (tertiary alicyclic amines) is 1. The number of nitrogens with one attached hydrogen (secondary N) is 1. The zero-order chi connectivity index (χ0) is 19.3. The summed E-state index contributed by atoms with van der Waals surface area (Å²) in [6.07, 6.45) is 3.08. The van der Waals surface area contributed by atoms with Crippen LogP contribution in [0.1, 0.15) is 38.2 Å². The third kappa shape index (κ3) is 5.06. The van der Waals surface area contributed by atoms with Gasteiger partial charge in [0.25, 0.3) is 0 Å². The van der Waals surface area contributed by atoms with Crippen LogP contribution in [0.4, 0.5) is 0 Å². The second-order valence-corrected chi connectivity index (χ2v) is 7.72. The average Bonchev–Trinajstić information content (AvgIpc) is 2.83. The molecular formula is C20H29ClN2O4. The molecule has 0 unspecified atom stereocenters. The predicted molar refractivity (Wildman–Crippen MR) is 105 cm³/mol. The van der Waals surface area contributed by atoms with Crippen molar-refractivity contribution in [3.8, 4) is 11.5 Å². The fraction of sp³-hybridized carbons (Fsp3) is 0.650. The van der Waals surface area contributed by atoms with E-state index in [4.69, 9.17) is 25.8 Å². The van der Waals surface area contributed by atoms with Crippen LogP contribution in [0.25, 0.3) is 0 Å². The SMILES string of the molecule is CCCOc1c(CN2CCC3(CC2)CC(=O)NCCO3)cc(Cl)cc1OC. The molecule has 2 fully saturated rings. The maximum absolute atomic E-state index is 11.9. The molecule has 1 amide bonds. The van der Waals surface area contributed by atoms with E-state index in [1.54, 1.807) is 13.2 Å². The third-order valence-corrected chi connectivity index (χ3v) is 5.46. The lowest BCUT2D eigenvalue weighted by molar-refractivity contribution is -0.128. The number of nitrogens with zero attached hydrogens (tertiary/aromatic N) is 1. The highest BCUT2D eigenvalue weighted by molar-refractivity contribution is 6.30. The van der Waals surface area contributed by atoms with Crippen molar-refractivity contribution in [1.29, 1.82) is 0 Å². The molecule has 1 spiro atoms. The Balaban J connectivity index is 1.69. The summed E-state index contributed by atoms with van der Waals surface area (Å²) in [6.45, 7) is 6.38. The number of rotatable bonds is 6. The standard InChI is InChI=1S/C20H29ClN2O4/c1-3-9-26-19-15(11-16(21)12-17(19)25-2)14-23-7-4-20(5-8-23)13-18(24)22-6-10-27-20/h11-12H,3-10,13-14H2,1-2H3,(H,22,24). The zero-order valence-corrected chi connectivity index (χ0v) is 16.9. The van der Waals surface area contributed by atoms with Gasteiger partial charge in [0.1, 0.15) is 0 Å². The lowest BCUT2D eigenvalue weighted by atomic mass is 9.87. The molecule has 6 nitrogen and oxygen atoms in total. The minimum absolute atomic E-state index is 0.0933. The maximum Gasteiger partial charge on any atom is 0.222 e. The number of hydrogen-bond donors (Lipinski definition) is 1. The number of benzene rings is 1. The zero-order valence-electron chi connectivity index (χ0n) is 16.2. The topological polar surface area (TPSA) is 60.0 Å². The molecule has 150 valence electrons. The number of methoxy groups -OCH3 is 1. The minimum atomic E-state index is -0.315. The monoisotopic (exact) mass is 396 g/mol. The van der Waals surface area contributed by atoms with Crippen LogP contribution in [-0.4, -0.2) is 56.4 Å². The summed E-state index contributed by atoms with van der Waals surface area (Å²) in [7, 11) is 1.63. The fourth-order valence-electron chi connectivity index (χ4n) is 3.80. The molecule has 2 aliphatic heterocycles. The second-order valence-electron chi connectivity index (χ2n) is 7.28. The van der Waals surface area contributed by atoms with E-state index in [9.17, 15) is 4.79 Å². The molecule has 1 aromatic carbocycles. The largest absolute Gasteiger partial charge is 0.493 e. The fourth-order valence-corrected chi connectivity index (χ4v) is 4.04. The van der Waals surface area contributed by atoms with E-state index in [0.29, 0.717) is 37.0 Å². The molecule has 0 atom stereocenters. The number of piperidine rings is 1. The summed E-state index contributed by atoms with van der Waals surface area (Å²) >= 11 is 6.28. The van der Waals surface area contributed by atoms with Crippen LogP contribution in [0.3, 0.4) is 0 Å². The normalized spacial score (nSPS) is 20.2. The molecule has 2 heterocycles. The lowest BCUT2D eigenvalue weighted by Gasteiger charge is -2.40. The van der Waals surface area contributed by atoms with Crippen molar-refractivity contribution in [3.63, 3.8) is 0 Å². The van der Waals surface area contributed by atoms with E-state index in [1.807, 2.05) is 6.07 Å². The molecule has 2 saturated heterocycles. The van der Waals surface area contributed by atoms with Crippen LogP contribution >= 0.6 is 11.6 Å². The highest BCUT2D eigenvalue weighted by atomic mass is 35.5. The van der Waals surface area contributed by atoms with Crippen LogP contribution in [-0.2, 0) is 16.1 Å². The van der Waals surface area contributed by atoms with Crippen molar-refractivity contribution < 1.29 is 19.0 Å². The smallest absolute Gasteiger partial charge is 0.222 e. The summed E-state index contributed by atoms with van der Waals surface area (Å²) in [4.78, 5) is 14.3.